The summed E-state index contributed by atoms with van der Waals surface area (Å²) in [5.41, 5.74) is 7.13. The topological polar surface area (TPSA) is 29.3 Å². The molecule has 96 valence electrons. The van der Waals surface area contributed by atoms with Crippen molar-refractivity contribution in [1.29, 1.82) is 0 Å². The maximum Gasteiger partial charge on any atom is 0.123 e. The summed E-state index contributed by atoms with van der Waals surface area (Å²) < 4.78 is 12.8. The molecule has 0 bridgehead atoms. The number of benzene rings is 1. The van der Waals surface area contributed by atoms with Crippen molar-refractivity contribution in [2.24, 2.45) is 5.73 Å². The first-order valence-electron chi connectivity index (χ1n) is 6.40. The van der Waals surface area contributed by atoms with Gasteiger partial charge in [-0.15, -0.1) is 0 Å². The van der Waals surface area contributed by atoms with Gasteiger partial charge in [-0.2, -0.15) is 0 Å². The van der Waals surface area contributed by atoms with E-state index in [0.717, 1.165) is 25.2 Å². The molecule has 0 heterocycles. The molecule has 1 rings (SSSR count). The number of hydrogen-bond acceptors (Lipinski definition) is 2. The molecule has 0 fully saturated rings. The SMILES string of the molecule is CCCCN(CC)CC(N)c1ccc(F)cc1. The molecule has 0 aromatic heterocycles. The first kappa shape index (κ1) is 14.1. The molecule has 0 spiro atoms. The summed E-state index contributed by atoms with van der Waals surface area (Å²) in [5.74, 6) is -0.209. The smallest absolute Gasteiger partial charge is 0.123 e. The lowest BCUT2D eigenvalue weighted by molar-refractivity contribution is 0.266. The fraction of sp³-hybridized carbons (Fsp3) is 0.571. The zero-order valence-corrected chi connectivity index (χ0v) is 10.8. The molecular formula is C14H23FN2. The molecule has 3 heteroatoms. The quantitative estimate of drug-likeness (QED) is 0.791. The fourth-order valence-corrected chi connectivity index (χ4v) is 1.85. The van der Waals surface area contributed by atoms with Crippen molar-refractivity contribution in [3.8, 4) is 0 Å². The first-order valence-corrected chi connectivity index (χ1v) is 6.40. The molecule has 0 aliphatic rings. The molecule has 2 N–H and O–H groups in total. The summed E-state index contributed by atoms with van der Waals surface area (Å²) in [5, 5.41) is 0. The third kappa shape index (κ3) is 4.84. The Kier molecular flexibility index (Phi) is 6.16. The van der Waals surface area contributed by atoms with Crippen molar-refractivity contribution < 1.29 is 4.39 Å². The van der Waals surface area contributed by atoms with Crippen molar-refractivity contribution in [2.45, 2.75) is 32.7 Å². The van der Waals surface area contributed by atoms with E-state index in [1.165, 1.54) is 25.0 Å². The fourth-order valence-electron chi connectivity index (χ4n) is 1.85. The predicted molar refractivity (Wildman–Crippen MR) is 70.4 cm³/mol. The van der Waals surface area contributed by atoms with Crippen molar-refractivity contribution in [1.82, 2.24) is 4.90 Å². The van der Waals surface area contributed by atoms with Crippen LogP contribution in [0.4, 0.5) is 4.39 Å². The minimum Gasteiger partial charge on any atom is -0.323 e. The summed E-state index contributed by atoms with van der Waals surface area (Å²) in [6.07, 6.45) is 2.40. The molecule has 1 unspecified atom stereocenters. The zero-order chi connectivity index (χ0) is 12.7. The van der Waals surface area contributed by atoms with Gasteiger partial charge < -0.3 is 10.6 Å². The van der Waals surface area contributed by atoms with E-state index >= 15 is 0 Å². The van der Waals surface area contributed by atoms with E-state index in [1.807, 2.05) is 0 Å². The van der Waals surface area contributed by atoms with Crippen LogP contribution in [0.25, 0.3) is 0 Å². The second kappa shape index (κ2) is 7.41. The molecule has 1 aromatic rings. The molecule has 17 heavy (non-hydrogen) atoms. The highest BCUT2D eigenvalue weighted by atomic mass is 19.1. The van der Waals surface area contributed by atoms with Crippen LogP contribution in [-0.4, -0.2) is 24.5 Å². The molecule has 1 aromatic carbocycles. The lowest BCUT2D eigenvalue weighted by atomic mass is 10.1. The Morgan fingerprint density at radius 3 is 2.41 bits per heavy atom. The predicted octanol–water partition coefficient (Wildman–Crippen LogP) is 2.95. The molecule has 1 atom stereocenters. The average molecular weight is 238 g/mol. The number of rotatable bonds is 7. The van der Waals surface area contributed by atoms with E-state index in [2.05, 4.69) is 18.7 Å². The Bertz CT molecular complexity index is 311. The Morgan fingerprint density at radius 2 is 1.88 bits per heavy atom. The largest absolute Gasteiger partial charge is 0.323 e. The Labute approximate surface area is 104 Å². The van der Waals surface area contributed by atoms with E-state index in [-0.39, 0.29) is 11.9 Å². The maximum atomic E-state index is 12.8. The van der Waals surface area contributed by atoms with Gasteiger partial charge in [0.25, 0.3) is 0 Å². The summed E-state index contributed by atoms with van der Waals surface area (Å²) in [7, 11) is 0. The third-order valence-corrected chi connectivity index (χ3v) is 3.03. The number of halogens is 1. The number of nitrogens with zero attached hydrogens (tertiary/aromatic N) is 1. The molecule has 0 aliphatic carbocycles. The zero-order valence-electron chi connectivity index (χ0n) is 10.8. The average Bonchev–Trinajstić information content (AvgIpc) is 2.35. The molecule has 0 radical (unpaired) electrons. The van der Waals surface area contributed by atoms with Crippen LogP contribution in [0.5, 0.6) is 0 Å². The van der Waals surface area contributed by atoms with Crippen LogP contribution >= 0.6 is 0 Å². The number of unbranched alkanes of at least 4 members (excludes halogenated alkanes) is 1. The van der Waals surface area contributed by atoms with Gasteiger partial charge in [0.2, 0.25) is 0 Å². The van der Waals surface area contributed by atoms with E-state index in [0.29, 0.717) is 0 Å². The Hall–Kier alpha value is -0.930. The van der Waals surface area contributed by atoms with Gasteiger partial charge in [0, 0.05) is 12.6 Å². The van der Waals surface area contributed by atoms with Gasteiger partial charge in [-0.1, -0.05) is 32.4 Å². The summed E-state index contributed by atoms with van der Waals surface area (Å²) in [6.45, 7) is 7.26. The highest BCUT2D eigenvalue weighted by Crippen LogP contribution is 2.13. The van der Waals surface area contributed by atoms with E-state index in [9.17, 15) is 4.39 Å². The summed E-state index contributed by atoms with van der Waals surface area (Å²) in [4.78, 5) is 2.34. The summed E-state index contributed by atoms with van der Waals surface area (Å²) in [6, 6.07) is 6.45. The van der Waals surface area contributed by atoms with Crippen LogP contribution in [0, 0.1) is 5.82 Å². The van der Waals surface area contributed by atoms with Gasteiger partial charge in [0.1, 0.15) is 5.82 Å². The standard InChI is InChI=1S/C14H23FN2/c1-3-5-10-17(4-2)11-14(16)12-6-8-13(15)9-7-12/h6-9,14H,3-5,10-11,16H2,1-2H3. The molecular weight excluding hydrogens is 215 g/mol. The Morgan fingerprint density at radius 1 is 1.24 bits per heavy atom. The van der Waals surface area contributed by atoms with Crippen LogP contribution in [0.15, 0.2) is 24.3 Å². The lowest BCUT2D eigenvalue weighted by Crippen LogP contribution is -2.32. The van der Waals surface area contributed by atoms with Crippen LogP contribution in [0.2, 0.25) is 0 Å². The number of nitrogens with two attached hydrogens (primary N) is 1. The van der Waals surface area contributed by atoms with Crippen LogP contribution in [-0.2, 0) is 0 Å². The van der Waals surface area contributed by atoms with Crippen LogP contribution in [0.1, 0.15) is 38.3 Å². The van der Waals surface area contributed by atoms with Crippen molar-refractivity contribution >= 4 is 0 Å². The normalized spacial score (nSPS) is 13.0. The van der Waals surface area contributed by atoms with Gasteiger partial charge in [0.05, 0.1) is 0 Å². The molecule has 2 nitrogen and oxygen atoms in total. The molecule has 0 saturated carbocycles. The Balaban J connectivity index is 2.51. The highest BCUT2D eigenvalue weighted by Gasteiger charge is 2.10. The lowest BCUT2D eigenvalue weighted by Gasteiger charge is -2.24. The highest BCUT2D eigenvalue weighted by molar-refractivity contribution is 5.19. The number of likely N-dealkylation sites (N-methyl/N-ethyl adjacent to an activating group) is 1. The minimum atomic E-state index is -0.209. The van der Waals surface area contributed by atoms with E-state index in [4.69, 9.17) is 5.73 Å². The second-order valence-corrected chi connectivity index (χ2v) is 4.40. The van der Waals surface area contributed by atoms with Crippen molar-refractivity contribution in [3.05, 3.63) is 35.6 Å². The minimum absolute atomic E-state index is 0.0348. The van der Waals surface area contributed by atoms with Gasteiger partial charge >= 0.3 is 0 Å². The molecule has 0 amide bonds. The number of hydrogen-bond donors (Lipinski definition) is 1. The van der Waals surface area contributed by atoms with Gasteiger partial charge in [0.15, 0.2) is 0 Å². The van der Waals surface area contributed by atoms with E-state index < -0.39 is 0 Å². The second-order valence-electron chi connectivity index (χ2n) is 4.40. The van der Waals surface area contributed by atoms with E-state index in [1.54, 1.807) is 12.1 Å². The molecule has 0 aliphatic heterocycles. The van der Waals surface area contributed by atoms with Gasteiger partial charge in [-0.25, -0.2) is 4.39 Å². The monoisotopic (exact) mass is 238 g/mol. The third-order valence-electron chi connectivity index (χ3n) is 3.03. The van der Waals surface area contributed by atoms with Crippen molar-refractivity contribution in [3.63, 3.8) is 0 Å². The van der Waals surface area contributed by atoms with Gasteiger partial charge in [-0.05, 0) is 37.2 Å². The van der Waals surface area contributed by atoms with Crippen molar-refractivity contribution in [2.75, 3.05) is 19.6 Å². The summed E-state index contributed by atoms with van der Waals surface area (Å²) >= 11 is 0. The van der Waals surface area contributed by atoms with Crippen LogP contribution in [0.3, 0.4) is 0 Å². The van der Waals surface area contributed by atoms with Crippen LogP contribution < -0.4 is 5.73 Å². The first-order chi connectivity index (χ1) is 8.17. The maximum absolute atomic E-state index is 12.8. The van der Waals surface area contributed by atoms with Gasteiger partial charge in [-0.3, -0.25) is 0 Å². The molecule has 0 saturated heterocycles.